The van der Waals surface area contributed by atoms with E-state index < -0.39 is 0 Å². The van der Waals surface area contributed by atoms with E-state index in [-0.39, 0.29) is 6.04 Å². The molecule has 0 amide bonds. The van der Waals surface area contributed by atoms with E-state index in [1.165, 1.54) is 11.1 Å². The van der Waals surface area contributed by atoms with Crippen LogP contribution in [0.3, 0.4) is 0 Å². The number of anilines is 1. The van der Waals surface area contributed by atoms with Crippen molar-refractivity contribution in [2.24, 2.45) is 0 Å². The smallest absolute Gasteiger partial charge is 0.128 e. The van der Waals surface area contributed by atoms with Gasteiger partial charge in [0.15, 0.2) is 0 Å². The minimum atomic E-state index is 0.249. The second kappa shape index (κ2) is 7.90. The minimum absolute atomic E-state index is 0.249. The van der Waals surface area contributed by atoms with Gasteiger partial charge in [0.2, 0.25) is 0 Å². The number of piperazine rings is 1. The molecule has 4 heteroatoms. The molecule has 1 aliphatic heterocycles. The second-order valence-electron chi connectivity index (χ2n) is 6.58. The van der Waals surface area contributed by atoms with Gasteiger partial charge in [0, 0.05) is 37.4 Å². The van der Waals surface area contributed by atoms with Crippen LogP contribution in [0.2, 0.25) is 5.02 Å². The molecule has 1 aliphatic rings. The number of benzene rings is 2. The predicted molar refractivity (Wildman–Crippen MR) is 108 cm³/mol. The third-order valence-electron chi connectivity index (χ3n) is 4.95. The molecule has 3 nitrogen and oxygen atoms in total. The fourth-order valence-electron chi connectivity index (χ4n) is 3.64. The summed E-state index contributed by atoms with van der Waals surface area (Å²) in [6, 6.07) is 25.3. The molecule has 4 rings (SSSR count). The van der Waals surface area contributed by atoms with Crippen molar-refractivity contribution in [2.45, 2.75) is 6.04 Å². The maximum Gasteiger partial charge on any atom is 0.128 e. The first-order valence-electron chi connectivity index (χ1n) is 9.02. The molecule has 1 aromatic heterocycles. The maximum absolute atomic E-state index is 6.11. The van der Waals surface area contributed by atoms with Gasteiger partial charge in [0.1, 0.15) is 5.82 Å². The summed E-state index contributed by atoms with van der Waals surface area (Å²) in [7, 11) is 0. The van der Waals surface area contributed by atoms with E-state index in [1.54, 1.807) is 0 Å². The van der Waals surface area contributed by atoms with E-state index in [2.05, 4.69) is 69.4 Å². The lowest BCUT2D eigenvalue weighted by Gasteiger charge is -2.40. The molecule has 0 saturated carbocycles. The Kier molecular flexibility index (Phi) is 5.19. The molecule has 0 N–H and O–H groups in total. The van der Waals surface area contributed by atoms with Gasteiger partial charge in [-0.3, -0.25) is 4.90 Å². The van der Waals surface area contributed by atoms with Crippen LogP contribution in [0.1, 0.15) is 17.2 Å². The summed E-state index contributed by atoms with van der Waals surface area (Å²) in [5, 5.41) is 0.778. The number of rotatable bonds is 4. The molecule has 3 aromatic rings. The maximum atomic E-state index is 6.11. The summed E-state index contributed by atoms with van der Waals surface area (Å²) in [6.45, 7) is 3.96. The first-order chi connectivity index (χ1) is 12.8. The third kappa shape index (κ3) is 3.74. The van der Waals surface area contributed by atoms with Gasteiger partial charge in [-0.05, 0) is 35.4 Å². The van der Waals surface area contributed by atoms with E-state index in [9.17, 15) is 0 Å². The van der Waals surface area contributed by atoms with Crippen molar-refractivity contribution in [1.29, 1.82) is 0 Å². The van der Waals surface area contributed by atoms with E-state index in [4.69, 9.17) is 11.6 Å². The van der Waals surface area contributed by atoms with Crippen LogP contribution in [0, 0.1) is 0 Å². The first kappa shape index (κ1) is 17.1. The molecule has 2 heterocycles. The second-order valence-corrected chi connectivity index (χ2v) is 7.01. The SMILES string of the molecule is Clc1ccc([C@@H](c2ccccc2)N2CCN(c3ccccn3)CC2)cc1. The zero-order valence-corrected chi connectivity index (χ0v) is 15.4. The van der Waals surface area contributed by atoms with Crippen molar-refractivity contribution in [3.63, 3.8) is 0 Å². The monoisotopic (exact) mass is 363 g/mol. The Morgan fingerprint density at radius 3 is 2.04 bits per heavy atom. The molecule has 0 aliphatic carbocycles. The Morgan fingerprint density at radius 1 is 0.731 bits per heavy atom. The molecule has 0 unspecified atom stereocenters. The Hall–Kier alpha value is -2.36. The van der Waals surface area contributed by atoms with Gasteiger partial charge >= 0.3 is 0 Å². The number of hydrogen-bond donors (Lipinski definition) is 0. The molecule has 1 fully saturated rings. The Balaban J connectivity index is 1.56. The van der Waals surface area contributed by atoms with Crippen molar-refractivity contribution >= 4 is 17.4 Å². The fraction of sp³-hybridized carbons (Fsp3) is 0.227. The molecular formula is C22H22ClN3. The summed E-state index contributed by atoms with van der Waals surface area (Å²) in [5.41, 5.74) is 2.60. The van der Waals surface area contributed by atoms with Gasteiger partial charge in [-0.15, -0.1) is 0 Å². The quantitative estimate of drug-likeness (QED) is 0.672. The third-order valence-corrected chi connectivity index (χ3v) is 5.21. The molecule has 1 saturated heterocycles. The number of aromatic nitrogens is 1. The molecule has 2 aromatic carbocycles. The lowest BCUT2D eigenvalue weighted by Crippen LogP contribution is -2.48. The van der Waals surface area contributed by atoms with Crippen LogP contribution in [0.15, 0.2) is 79.0 Å². The zero-order valence-electron chi connectivity index (χ0n) is 14.6. The van der Waals surface area contributed by atoms with Crippen molar-refractivity contribution in [2.75, 3.05) is 31.1 Å². The topological polar surface area (TPSA) is 19.4 Å². The summed E-state index contributed by atoms with van der Waals surface area (Å²) >= 11 is 6.11. The standard InChI is InChI=1S/C22H22ClN3/c23-20-11-9-19(10-12-20)22(18-6-2-1-3-7-18)26-16-14-25(15-17-26)21-8-4-5-13-24-21/h1-13,22H,14-17H2/t22-/m1/s1. The van der Waals surface area contributed by atoms with Crippen molar-refractivity contribution in [3.8, 4) is 0 Å². The summed E-state index contributed by atoms with van der Waals surface area (Å²) < 4.78 is 0. The molecule has 1 atom stereocenters. The zero-order chi connectivity index (χ0) is 17.8. The highest BCUT2D eigenvalue weighted by molar-refractivity contribution is 6.30. The van der Waals surface area contributed by atoms with E-state index in [0.717, 1.165) is 37.0 Å². The lowest BCUT2D eigenvalue weighted by atomic mass is 9.96. The molecular weight excluding hydrogens is 342 g/mol. The fourth-order valence-corrected chi connectivity index (χ4v) is 3.77. The highest BCUT2D eigenvalue weighted by atomic mass is 35.5. The van der Waals surface area contributed by atoms with Crippen molar-refractivity contribution in [1.82, 2.24) is 9.88 Å². The van der Waals surface area contributed by atoms with Gasteiger partial charge in [-0.1, -0.05) is 60.1 Å². The molecule has 0 spiro atoms. The number of nitrogens with zero attached hydrogens (tertiary/aromatic N) is 3. The van der Waals surface area contributed by atoms with Gasteiger partial charge in [-0.2, -0.15) is 0 Å². The van der Waals surface area contributed by atoms with Crippen LogP contribution >= 0.6 is 11.6 Å². The average molecular weight is 364 g/mol. The number of hydrogen-bond acceptors (Lipinski definition) is 3. The first-order valence-corrected chi connectivity index (χ1v) is 9.39. The normalized spacial score (nSPS) is 16.4. The van der Waals surface area contributed by atoms with Crippen molar-refractivity contribution in [3.05, 3.63) is 95.1 Å². The van der Waals surface area contributed by atoms with Gasteiger partial charge in [0.25, 0.3) is 0 Å². The largest absolute Gasteiger partial charge is 0.354 e. The summed E-state index contributed by atoms with van der Waals surface area (Å²) in [6.07, 6.45) is 1.86. The number of halogens is 1. The van der Waals surface area contributed by atoms with Crippen LogP contribution < -0.4 is 4.90 Å². The highest BCUT2D eigenvalue weighted by Gasteiger charge is 2.26. The summed E-state index contributed by atoms with van der Waals surface area (Å²) in [5.74, 6) is 1.06. The van der Waals surface area contributed by atoms with Gasteiger partial charge in [0.05, 0.1) is 6.04 Å². The van der Waals surface area contributed by atoms with Crippen LogP contribution in [0.25, 0.3) is 0 Å². The average Bonchev–Trinajstić information content (AvgIpc) is 2.72. The Bertz CT molecular complexity index is 813. The predicted octanol–water partition coefficient (Wildman–Crippen LogP) is 4.65. The Morgan fingerprint density at radius 2 is 1.38 bits per heavy atom. The Labute approximate surface area is 159 Å². The van der Waals surface area contributed by atoms with Crippen LogP contribution in [0.5, 0.6) is 0 Å². The van der Waals surface area contributed by atoms with Crippen molar-refractivity contribution < 1.29 is 0 Å². The van der Waals surface area contributed by atoms with Crippen LogP contribution in [0.4, 0.5) is 5.82 Å². The van der Waals surface area contributed by atoms with Gasteiger partial charge < -0.3 is 4.90 Å². The number of pyridine rings is 1. The van der Waals surface area contributed by atoms with E-state index >= 15 is 0 Å². The molecule has 0 bridgehead atoms. The highest BCUT2D eigenvalue weighted by Crippen LogP contribution is 2.30. The van der Waals surface area contributed by atoms with E-state index in [1.807, 2.05) is 24.4 Å². The summed E-state index contributed by atoms with van der Waals surface area (Å²) in [4.78, 5) is 9.41. The molecule has 0 radical (unpaired) electrons. The van der Waals surface area contributed by atoms with Gasteiger partial charge in [-0.25, -0.2) is 4.98 Å². The molecule has 26 heavy (non-hydrogen) atoms. The minimum Gasteiger partial charge on any atom is -0.354 e. The molecule has 132 valence electrons. The van der Waals surface area contributed by atoms with Crippen LogP contribution in [-0.2, 0) is 0 Å². The van der Waals surface area contributed by atoms with Crippen LogP contribution in [-0.4, -0.2) is 36.1 Å². The lowest BCUT2D eigenvalue weighted by molar-refractivity contribution is 0.212. The van der Waals surface area contributed by atoms with E-state index in [0.29, 0.717) is 0 Å².